The summed E-state index contributed by atoms with van der Waals surface area (Å²) in [5, 5.41) is 15.0. The SMILES string of the molecule is O=C(CC1CCNC1)Nc1cc(Br)ccc1C(=O)O. The molecule has 0 bridgehead atoms. The summed E-state index contributed by atoms with van der Waals surface area (Å²) in [6, 6.07) is 4.72. The molecule has 102 valence electrons. The summed E-state index contributed by atoms with van der Waals surface area (Å²) in [5.41, 5.74) is 0.430. The average Bonchev–Trinajstić information content (AvgIpc) is 2.81. The highest BCUT2D eigenvalue weighted by atomic mass is 79.9. The van der Waals surface area contributed by atoms with Gasteiger partial charge in [-0.3, -0.25) is 4.79 Å². The van der Waals surface area contributed by atoms with Gasteiger partial charge in [0.1, 0.15) is 0 Å². The lowest BCUT2D eigenvalue weighted by Crippen LogP contribution is -2.19. The predicted molar refractivity (Wildman–Crippen MR) is 75.3 cm³/mol. The summed E-state index contributed by atoms with van der Waals surface area (Å²) in [4.78, 5) is 23.0. The van der Waals surface area contributed by atoms with Crippen LogP contribution >= 0.6 is 15.9 Å². The number of halogens is 1. The number of carboxylic acid groups (broad SMARTS) is 1. The molecule has 0 aromatic heterocycles. The molecule has 1 unspecified atom stereocenters. The number of amides is 1. The first-order chi connectivity index (χ1) is 9.06. The minimum Gasteiger partial charge on any atom is -0.478 e. The van der Waals surface area contributed by atoms with Gasteiger partial charge in [0.25, 0.3) is 0 Å². The Morgan fingerprint density at radius 1 is 1.47 bits per heavy atom. The molecule has 0 aliphatic carbocycles. The van der Waals surface area contributed by atoms with Crippen LogP contribution in [0, 0.1) is 5.92 Å². The Kier molecular flexibility index (Phi) is 4.55. The Balaban J connectivity index is 2.06. The molecule has 1 aliphatic rings. The van der Waals surface area contributed by atoms with E-state index in [1.54, 1.807) is 12.1 Å². The summed E-state index contributed by atoms with van der Waals surface area (Å²) < 4.78 is 0.732. The third-order valence-corrected chi connectivity index (χ3v) is 3.62. The second kappa shape index (κ2) is 6.16. The smallest absolute Gasteiger partial charge is 0.337 e. The minimum absolute atomic E-state index is 0.0982. The van der Waals surface area contributed by atoms with Crippen LogP contribution in [0.4, 0.5) is 5.69 Å². The number of nitrogens with one attached hydrogen (secondary N) is 2. The molecule has 1 heterocycles. The van der Waals surface area contributed by atoms with Gasteiger partial charge in [-0.25, -0.2) is 4.79 Å². The van der Waals surface area contributed by atoms with E-state index in [1.165, 1.54) is 6.07 Å². The summed E-state index contributed by atoms with van der Waals surface area (Å²) >= 11 is 3.27. The van der Waals surface area contributed by atoms with Crippen molar-refractivity contribution in [3.05, 3.63) is 28.2 Å². The van der Waals surface area contributed by atoms with Crippen molar-refractivity contribution in [2.75, 3.05) is 18.4 Å². The predicted octanol–water partition coefficient (Wildman–Crippen LogP) is 2.09. The normalized spacial score (nSPS) is 18.3. The molecule has 1 aromatic rings. The van der Waals surface area contributed by atoms with E-state index in [9.17, 15) is 9.59 Å². The van der Waals surface area contributed by atoms with Crippen molar-refractivity contribution in [3.8, 4) is 0 Å². The second-order valence-electron chi connectivity index (χ2n) is 4.61. The molecule has 0 saturated carbocycles. The minimum atomic E-state index is -1.05. The molecular weight excluding hydrogens is 312 g/mol. The first-order valence-corrected chi connectivity index (χ1v) is 6.89. The van der Waals surface area contributed by atoms with Crippen LogP contribution in [0.15, 0.2) is 22.7 Å². The lowest BCUT2D eigenvalue weighted by atomic mass is 10.0. The van der Waals surface area contributed by atoms with Crippen LogP contribution in [-0.2, 0) is 4.79 Å². The molecule has 1 atom stereocenters. The van der Waals surface area contributed by atoms with Gasteiger partial charge in [0.05, 0.1) is 11.3 Å². The summed E-state index contributed by atoms with van der Waals surface area (Å²) in [5.74, 6) is -0.861. The Bertz CT molecular complexity index is 499. The summed E-state index contributed by atoms with van der Waals surface area (Å²) in [6.45, 7) is 1.78. The number of hydrogen-bond acceptors (Lipinski definition) is 3. The van der Waals surface area contributed by atoms with Gasteiger partial charge in [-0.15, -0.1) is 0 Å². The monoisotopic (exact) mass is 326 g/mol. The van der Waals surface area contributed by atoms with Crippen LogP contribution in [0.1, 0.15) is 23.2 Å². The maximum Gasteiger partial charge on any atom is 0.337 e. The van der Waals surface area contributed by atoms with Crippen molar-refractivity contribution in [1.82, 2.24) is 5.32 Å². The lowest BCUT2D eigenvalue weighted by Gasteiger charge is -2.11. The molecule has 6 heteroatoms. The van der Waals surface area contributed by atoms with Gasteiger partial charge in [0.15, 0.2) is 0 Å². The average molecular weight is 327 g/mol. The molecule has 0 spiro atoms. The van der Waals surface area contributed by atoms with E-state index in [2.05, 4.69) is 26.6 Å². The summed E-state index contributed by atoms with van der Waals surface area (Å²) in [7, 11) is 0. The number of carbonyl (C=O) groups is 2. The number of hydrogen-bond donors (Lipinski definition) is 3. The fourth-order valence-electron chi connectivity index (χ4n) is 2.16. The van der Waals surface area contributed by atoms with E-state index in [-0.39, 0.29) is 11.5 Å². The van der Waals surface area contributed by atoms with Crippen LogP contribution in [0.25, 0.3) is 0 Å². The van der Waals surface area contributed by atoms with Crippen LogP contribution in [0.5, 0.6) is 0 Å². The number of rotatable bonds is 4. The Morgan fingerprint density at radius 2 is 2.26 bits per heavy atom. The molecule has 1 amide bonds. The van der Waals surface area contributed by atoms with E-state index < -0.39 is 5.97 Å². The fraction of sp³-hybridized carbons (Fsp3) is 0.385. The molecule has 2 rings (SSSR count). The third kappa shape index (κ3) is 3.78. The number of benzene rings is 1. The molecule has 0 radical (unpaired) electrons. The van der Waals surface area contributed by atoms with Gasteiger partial charge < -0.3 is 15.7 Å². The van der Waals surface area contributed by atoms with Gasteiger partial charge in [-0.1, -0.05) is 15.9 Å². The zero-order chi connectivity index (χ0) is 13.8. The molecule has 1 saturated heterocycles. The van der Waals surface area contributed by atoms with Crippen LogP contribution in [0.2, 0.25) is 0 Å². The number of carboxylic acids is 1. The van der Waals surface area contributed by atoms with Crippen molar-refractivity contribution in [1.29, 1.82) is 0 Å². The highest BCUT2D eigenvalue weighted by Crippen LogP contribution is 2.22. The van der Waals surface area contributed by atoms with Gasteiger partial charge in [0.2, 0.25) is 5.91 Å². The van der Waals surface area contributed by atoms with Crippen LogP contribution in [0.3, 0.4) is 0 Å². The van der Waals surface area contributed by atoms with Crippen LogP contribution in [-0.4, -0.2) is 30.1 Å². The zero-order valence-corrected chi connectivity index (χ0v) is 11.9. The van der Waals surface area contributed by atoms with Gasteiger partial charge in [-0.05, 0) is 43.6 Å². The third-order valence-electron chi connectivity index (χ3n) is 3.12. The number of anilines is 1. The first kappa shape index (κ1) is 14.0. The van der Waals surface area contributed by atoms with Crippen molar-refractivity contribution in [2.24, 2.45) is 5.92 Å². The molecule has 3 N–H and O–H groups in total. The van der Waals surface area contributed by atoms with Gasteiger partial charge >= 0.3 is 5.97 Å². The summed E-state index contributed by atoms with van der Waals surface area (Å²) in [6.07, 6.45) is 1.40. The van der Waals surface area contributed by atoms with E-state index in [4.69, 9.17) is 5.11 Å². The molecule has 19 heavy (non-hydrogen) atoms. The van der Waals surface area contributed by atoms with E-state index in [0.717, 1.165) is 24.0 Å². The Hall–Kier alpha value is -1.40. The topological polar surface area (TPSA) is 78.4 Å². The zero-order valence-electron chi connectivity index (χ0n) is 10.3. The van der Waals surface area contributed by atoms with Gasteiger partial charge in [-0.2, -0.15) is 0 Å². The Labute approximate surface area is 119 Å². The number of aromatic carboxylic acids is 1. The Morgan fingerprint density at radius 3 is 2.89 bits per heavy atom. The van der Waals surface area contributed by atoms with E-state index in [1.807, 2.05) is 0 Å². The van der Waals surface area contributed by atoms with Crippen molar-refractivity contribution in [3.63, 3.8) is 0 Å². The standard InChI is InChI=1S/C13H15BrN2O3/c14-9-1-2-10(13(18)19)11(6-9)16-12(17)5-8-3-4-15-7-8/h1-2,6,8,15H,3-5,7H2,(H,16,17)(H,18,19). The van der Waals surface area contributed by atoms with Crippen molar-refractivity contribution in [2.45, 2.75) is 12.8 Å². The van der Waals surface area contributed by atoms with E-state index >= 15 is 0 Å². The maximum absolute atomic E-state index is 11.9. The highest BCUT2D eigenvalue weighted by molar-refractivity contribution is 9.10. The second-order valence-corrected chi connectivity index (χ2v) is 5.52. The fourth-order valence-corrected chi connectivity index (χ4v) is 2.52. The molecule has 1 fully saturated rings. The van der Waals surface area contributed by atoms with E-state index in [0.29, 0.717) is 18.0 Å². The van der Waals surface area contributed by atoms with Gasteiger partial charge in [0, 0.05) is 10.9 Å². The lowest BCUT2D eigenvalue weighted by molar-refractivity contribution is -0.116. The highest BCUT2D eigenvalue weighted by Gasteiger charge is 2.19. The van der Waals surface area contributed by atoms with Crippen molar-refractivity contribution >= 4 is 33.5 Å². The molecular formula is C13H15BrN2O3. The maximum atomic E-state index is 11.9. The largest absolute Gasteiger partial charge is 0.478 e. The molecule has 1 aliphatic heterocycles. The van der Waals surface area contributed by atoms with Crippen molar-refractivity contribution < 1.29 is 14.7 Å². The molecule has 1 aromatic carbocycles. The quantitative estimate of drug-likeness (QED) is 0.791. The number of carbonyl (C=O) groups excluding carboxylic acids is 1. The van der Waals surface area contributed by atoms with Crippen LogP contribution < -0.4 is 10.6 Å². The molecule has 5 nitrogen and oxygen atoms in total. The first-order valence-electron chi connectivity index (χ1n) is 6.09.